The normalized spacial score (nSPS) is 18.6. The van der Waals surface area contributed by atoms with Gasteiger partial charge < -0.3 is 14.8 Å². The summed E-state index contributed by atoms with van der Waals surface area (Å²) in [6, 6.07) is 6.36. The van der Waals surface area contributed by atoms with Gasteiger partial charge in [0.1, 0.15) is 17.5 Å². The van der Waals surface area contributed by atoms with Crippen LogP contribution in [0.4, 0.5) is 0 Å². The zero-order valence-electron chi connectivity index (χ0n) is 17.5. The van der Waals surface area contributed by atoms with Gasteiger partial charge >= 0.3 is 0 Å². The summed E-state index contributed by atoms with van der Waals surface area (Å²) in [6.45, 7) is -0.217. The molecule has 0 aromatic heterocycles. The van der Waals surface area contributed by atoms with Crippen LogP contribution in [-0.2, 0) is 14.8 Å². The molecule has 0 saturated carbocycles. The third-order valence-electron chi connectivity index (χ3n) is 5.15. The Morgan fingerprint density at radius 1 is 1.09 bits per heavy atom. The Labute approximate surface area is 200 Å². The fourth-order valence-electron chi connectivity index (χ4n) is 3.51. The van der Waals surface area contributed by atoms with Gasteiger partial charge in [-0.05, 0) is 36.8 Å². The second-order valence-electron chi connectivity index (χ2n) is 7.11. The number of carbonyl (C=O) groups excluding carboxylic acids is 2. The van der Waals surface area contributed by atoms with Crippen LogP contribution in [0.15, 0.2) is 41.3 Å². The number of rotatable bonds is 7. The number of carbonyl (C=O) groups is 2. The molecule has 1 saturated heterocycles. The number of sulfonamides is 1. The van der Waals surface area contributed by atoms with Gasteiger partial charge in [0.15, 0.2) is 0 Å². The summed E-state index contributed by atoms with van der Waals surface area (Å²) in [5.74, 6) is -0.716. The van der Waals surface area contributed by atoms with Crippen molar-refractivity contribution in [1.29, 1.82) is 0 Å². The topological polar surface area (TPSA) is 134 Å². The molecule has 2 amide bonds. The average Bonchev–Trinajstić information content (AvgIpc) is 3.24. The molecule has 1 heterocycles. The van der Waals surface area contributed by atoms with Crippen molar-refractivity contribution in [3.63, 3.8) is 0 Å². The summed E-state index contributed by atoms with van der Waals surface area (Å²) in [7, 11) is -1.34. The van der Waals surface area contributed by atoms with Crippen molar-refractivity contribution in [2.75, 3.05) is 20.8 Å². The first kappa shape index (κ1) is 25.1. The zero-order valence-corrected chi connectivity index (χ0v) is 19.9. The summed E-state index contributed by atoms with van der Waals surface area (Å²) < 4.78 is 37.7. The maximum absolute atomic E-state index is 13.2. The van der Waals surface area contributed by atoms with Crippen LogP contribution in [0.5, 0.6) is 11.5 Å². The Morgan fingerprint density at radius 3 is 2.42 bits per heavy atom. The first-order valence-corrected chi connectivity index (χ1v) is 11.8. The van der Waals surface area contributed by atoms with E-state index in [1.807, 2.05) is 0 Å². The summed E-state index contributed by atoms with van der Waals surface area (Å²) in [5, 5.41) is 12.0. The van der Waals surface area contributed by atoms with Gasteiger partial charge in [-0.1, -0.05) is 23.2 Å². The Bertz CT molecular complexity index is 1180. The van der Waals surface area contributed by atoms with Crippen LogP contribution in [0.3, 0.4) is 0 Å². The van der Waals surface area contributed by atoms with Gasteiger partial charge in [-0.2, -0.15) is 4.31 Å². The summed E-state index contributed by atoms with van der Waals surface area (Å²) in [6.07, 6.45) is -0.0723. The molecule has 10 nitrogen and oxygen atoms in total. The Morgan fingerprint density at radius 2 is 1.82 bits per heavy atom. The number of nitrogens with one attached hydrogen (secondary N) is 2. The van der Waals surface area contributed by atoms with E-state index < -0.39 is 33.9 Å². The number of benzene rings is 2. The van der Waals surface area contributed by atoms with E-state index in [1.165, 1.54) is 50.0 Å². The molecule has 0 spiro atoms. The number of methoxy groups -OCH3 is 2. The molecule has 3 N–H and O–H groups in total. The van der Waals surface area contributed by atoms with Crippen LogP contribution in [0.2, 0.25) is 10.0 Å². The van der Waals surface area contributed by atoms with Gasteiger partial charge in [-0.3, -0.25) is 14.8 Å². The number of hydrogen-bond acceptors (Lipinski definition) is 7. The number of halogens is 2. The number of amides is 2. The molecule has 0 bridgehead atoms. The third kappa shape index (κ3) is 5.17. The van der Waals surface area contributed by atoms with E-state index in [0.717, 1.165) is 4.31 Å². The number of ether oxygens (including phenoxy) is 2. The van der Waals surface area contributed by atoms with Crippen molar-refractivity contribution in [2.45, 2.75) is 23.4 Å². The number of nitrogens with zero attached hydrogens (tertiary/aromatic N) is 1. The standard InChI is InChI=1S/C20H21Cl2N3O7S/c1-31-12-3-5-14(18(8-12)32-2)19(26)23-11-7-17(20(27)24-28)25(10-11)33(29,30)13-4-6-15(21)16(22)9-13/h3-6,8-9,11,17,28H,7,10H2,1-2H3,(H,23,26)(H,24,27)/t11?,17-/m1/s1. The van der Waals surface area contributed by atoms with Crippen molar-refractivity contribution in [1.82, 2.24) is 15.1 Å². The monoisotopic (exact) mass is 517 g/mol. The van der Waals surface area contributed by atoms with Crippen molar-refractivity contribution in [3.8, 4) is 11.5 Å². The lowest BCUT2D eigenvalue weighted by molar-refractivity contribution is -0.132. The van der Waals surface area contributed by atoms with Gasteiger partial charge in [0.05, 0.1) is 34.7 Å². The lowest BCUT2D eigenvalue weighted by Crippen LogP contribution is -2.45. The first-order chi connectivity index (χ1) is 15.6. The highest BCUT2D eigenvalue weighted by atomic mass is 35.5. The molecule has 1 aliphatic rings. The van der Waals surface area contributed by atoms with Crippen molar-refractivity contribution in [2.24, 2.45) is 0 Å². The smallest absolute Gasteiger partial charge is 0.261 e. The molecule has 178 valence electrons. The quantitative estimate of drug-likeness (QED) is 0.378. The van der Waals surface area contributed by atoms with Crippen LogP contribution in [0.1, 0.15) is 16.8 Å². The van der Waals surface area contributed by atoms with E-state index in [0.29, 0.717) is 5.75 Å². The molecular formula is C20H21Cl2N3O7S. The second kappa shape index (κ2) is 10.1. The molecule has 2 atom stereocenters. The molecule has 2 aromatic rings. The zero-order chi connectivity index (χ0) is 24.3. The van der Waals surface area contributed by atoms with Gasteiger partial charge in [-0.25, -0.2) is 13.9 Å². The minimum Gasteiger partial charge on any atom is -0.497 e. The number of hydrogen-bond donors (Lipinski definition) is 3. The third-order valence-corrected chi connectivity index (χ3v) is 7.76. The molecule has 33 heavy (non-hydrogen) atoms. The molecule has 0 radical (unpaired) electrons. The molecule has 1 fully saturated rings. The van der Waals surface area contributed by atoms with E-state index in [-0.39, 0.29) is 39.2 Å². The first-order valence-electron chi connectivity index (χ1n) is 9.56. The van der Waals surface area contributed by atoms with Crippen LogP contribution >= 0.6 is 23.2 Å². The summed E-state index contributed by atoms with van der Waals surface area (Å²) >= 11 is 11.8. The van der Waals surface area contributed by atoms with Crippen LogP contribution in [0, 0.1) is 0 Å². The van der Waals surface area contributed by atoms with Gasteiger partial charge in [0.25, 0.3) is 11.8 Å². The molecular weight excluding hydrogens is 497 g/mol. The Kier molecular flexibility index (Phi) is 7.70. The molecule has 3 rings (SSSR count). The van der Waals surface area contributed by atoms with Gasteiger partial charge in [-0.15, -0.1) is 0 Å². The number of hydroxylamine groups is 1. The lowest BCUT2D eigenvalue weighted by Gasteiger charge is -2.22. The van der Waals surface area contributed by atoms with E-state index in [9.17, 15) is 18.0 Å². The second-order valence-corrected chi connectivity index (χ2v) is 9.82. The fourth-order valence-corrected chi connectivity index (χ4v) is 5.54. The molecule has 13 heteroatoms. The van der Waals surface area contributed by atoms with E-state index in [1.54, 1.807) is 6.07 Å². The van der Waals surface area contributed by atoms with E-state index in [4.69, 9.17) is 37.9 Å². The SMILES string of the molecule is COc1ccc(C(=O)NC2C[C@H](C(=O)NO)N(S(=O)(=O)c3ccc(Cl)c(Cl)c3)C2)c(OC)c1. The predicted octanol–water partition coefficient (Wildman–Crippen LogP) is 2.08. The van der Waals surface area contributed by atoms with E-state index >= 15 is 0 Å². The highest BCUT2D eigenvalue weighted by molar-refractivity contribution is 7.89. The van der Waals surface area contributed by atoms with Crippen molar-refractivity contribution < 1.29 is 32.7 Å². The largest absolute Gasteiger partial charge is 0.497 e. The average molecular weight is 518 g/mol. The van der Waals surface area contributed by atoms with Gasteiger partial charge in [0.2, 0.25) is 10.0 Å². The van der Waals surface area contributed by atoms with Crippen LogP contribution < -0.4 is 20.3 Å². The fraction of sp³-hybridized carbons (Fsp3) is 0.300. The predicted molar refractivity (Wildman–Crippen MR) is 119 cm³/mol. The summed E-state index contributed by atoms with van der Waals surface area (Å²) in [5.41, 5.74) is 1.68. The molecule has 1 aliphatic heterocycles. The molecule has 2 aromatic carbocycles. The highest BCUT2D eigenvalue weighted by Gasteiger charge is 2.44. The minimum atomic E-state index is -4.21. The van der Waals surface area contributed by atoms with Crippen molar-refractivity contribution in [3.05, 3.63) is 52.0 Å². The minimum absolute atomic E-state index is 0.0246. The maximum atomic E-state index is 13.2. The Hall–Kier alpha value is -2.57. The molecule has 1 unspecified atom stereocenters. The van der Waals surface area contributed by atoms with Crippen molar-refractivity contribution >= 4 is 45.0 Å². The van der Waals surface area contributed by atoms with Crippen LogP contribution in [0.25, 0.3) is 0 Å². The van der Waals surface area contributed by atoms with Gasteiger partial charge in [0, 0.05) is 18.7 Å². The highest BCUT2D eigenvalue weighted by Crippen LogP contribution is 2.31. The summed E-state index contributed by atoms with van der Waals surface area (Å²) in [4.78, 5) is 24.9. The maximum Gasteiger partial charge on any atom is 0.261 e. The Balaban J connectivity index is 1.87. The lowest BCUT2D eigenvalue weighted by atomic mass is 10.1. The molecule has 0 aliphatic carbocycles. The van der Waals surface area contributed by atoms with E-state index in [2.05, 4.69) is 5.32 Å². The van der Waals surface area contributed by atoms with Crippen LogP contribution in [-0.4, -0.2) is 62.6 Å².